The van der Waals surface area contributed by atoms with Gasteiger partial charge in [0.15, 0.2) is 6.04 Å². The Balaban J connectivity index is 3.94. The fourth-order valence-electron chi connectivity index (χ4n) is 6.12. The number of carboxylic acids is 1. The first-order valence-electron chi connectivity index (χ1n) is 23.3. The Bertz CT molecular complexity index is 1250. The normalized spacial score (nSPS) is 14.2. The van der Waals surface area contributed by atoms with Gasteiger partial charge in [-0.15, -0.1) is 0 Å². The van der Waals surface area contributed by atoms with Crippen molar-refractivity contribution >= 4 is 25.7 Å². The van der Waals surface area contributed by atoms with Crippen LogP contribution in [0.2, 0.25) is 0 Å². The Labute approximate surface area is 364 Å². The summed E-state index contributed by atoms with van der Waals surface area (Å²) in [6.07, 6.45) is 49.5. The molecule has 0 aromatic heterocycles. The number of carbonyl (C=O) groups excluding carboxylic acids is 2. The van der Waals surface area contributed by atoms with Gasteiger partial charge in [0.1, 0.15) is 12.7 Å². The van der Waals surface area contributed by atoms with E-state index in [1.807, 2.05) is 0 Å². The van der Waals surface area contributed by atoms with Crippen molar-refractivity contribution in [1.82, 2.24) is 5.32 Å². The molecule has 0 spiro atoms. The van der Waals surface area contributed by atoms with E-state index in [4.69, 9.17) is 13.8 Å². The van der Waals surface area contributed by atoms with Gasteiger partial charge in [-0.2, -0.15) is 0 Å². The Morgan fingerprint density at radius 3 is 1.43 bits per heavy atom. The van der Waals surface area contributed by atoms with Crippen molar-refractivity contribution in [3.8, 4) is 0 Å². The van der Waals surface area contributed by atoms with E-state index in [0.29, 0.717) is 12.8 Å². The van der Waals surface area contributed by atoms with Crippen molar-refractivity contribution in [3.05, 3.63) is 60.8 Å². The molecule has 0 aliphatic rings. The number of phosphoric ester groups is 1. The summed E-state index contributed by atoms with van der Waals surface area (Å²) in [5.41, 5.74) is 0. The molecular formula is C48H84NO10P. The van der Waals surface area contributed by atoms with E-state index >= 15 is 0 Å². The second-order valence-electron chi connectivity index (χ2n) is 15.6. The van der Waals surface area contributed by atoms with Crippen molar-refractivity contribution in [1.29, 1.82) is 0 Å². The van der Waals surface area contributed by atoms with Crippen LogP contribution in [0.1, 0.15) is 194 Å². The molecule has 0 aromatic carbocycles. The monoisotopic (exact) mass is 866 g/mol. The third kappa shape index (κ3) is 41.9. The molecule has 0 aliphatic carbocycles. The van der Waals surface area contributed by atoms with Crippen LogP contribution in [0.25, 0.3) is 0 Å². The zero-order chi connectivity index (χ0) is 44.2. The minimum Gasteiger partial charge on any atom is -0.480 e. The van der Waals surface area contributed by atoms with Gasteiger partial charge in [-0.25, -0.2) is 9.36 Å². The summed E-state index contributed by atoms with van der Waals surface area (Å²) in [6.45, 7) is 2.53. The molecule has 60 heavy (non-hydrogen) atoms. The lowest BCUT2D eigenvalue weighted by Gasteiger charge is -2.18. The number of ether oxygens (including phenoxy) is 1. The third-order valence-corrected chi connectivity index (χ3v) is 10.7. The number of allylic oxidation sites excluding steroid dienone is 10. The summed E-state index contributed by atoms with van der Waals surface area (Å²) in [4.78, 5) is 46.0. The van der Waals surface area contributed by atoms with Crippen LogP contribution in [0.5, 0.6) is 0 Å². The third-order valence-electron chi connectivity index (χ3n) is 9.78. The topological polar surface area (TPSA) is 169 Å². The Morgan fingerprint density at radius 1 is 0.533 bits per heavy atom. The van der Waals surface area contributed by atoms with E-state index in [2.05, 4.69) is 79.9 Å². The Kier molecular flexibility index (Phi) is 40.8. The molecule has 0 aromatic rings. The van der Waals surface area contributed by atoms with Gasteiger partial charge in [-0.3, -0.25) is 18.6 Å². The fourth-order valence-corrected chi connectivity index (χ4v) is 6.89. The highest BCUT2D eigenvalue weighted by molar-refractivity contribution is 7.47. The number of aliphatic hydroxyl groups excluding tert-OH is 1. The van der Waals surface area contributed by atoms with Gasteiger partial charge in [0.2, 0.25) is 5.91 Å². The number of aliphatic hydroxyl groups is 1. The molecule has 346 valence electrons. The molecule has 3 unspecified atom stereocenters. The van der Waals surface area contributed by atoms with Gasteiger partial charge in [0.05, 0.1) is 13.2 Å². The molecule has 1 amide bonds. The lowest BCUT2D eigenvalue weighted by atomic mass is 10.1. The van der Waals surface area contributed by atoms with E-state index in [0.717, 1.165) is 70.6 Å². The summed E-state index contributed by atoms with van der Waals surface area (Å²) in [7, 11) is -4.77. The van der Waals surface area contributed by atoms with Crippen molar-refractivity contribution in [2.75, 3.05) is 19.8 Å². The quantitative estimate of drug-likeness (QED) is 0.0200. The summed E-state index contributed by atoms with van der Waals surface area (Å²) < 4.78 is 26.8. The highest BCUT2D eigenvalue weighted by atomic mass is 31.2. The van der Waals surface area contributed by atoms with Crippen LogP contribution in [-0.2, 0) is 32.7 Å². The van der Waals surface area contributed by atoms with Crippen molar-refractivity contribution < 1.29 is 47.8 Å². The molecule has 12 heteroatoms. The number of nitrogens with one attached hydrogen (secondary N) is 1. The van der Waals surface area contributed by atoms with Crippen molar-refractivity contribution in [3.63, 3.8) is 0 Å². The van der Waals surface area contributed by atoms with Crippen LogP contribution in [0.3, 0.4) is 0 Å². The van der Waals surface area contributed by atoms with Gasteiger partial charge in [-0.1, -0.05) is 158 Å². The van der Waals surface area contributed by atoms with Crippen LogP contribution >= 0.6 is 7.82 Å². The lowest BCUT2D eigenvalue weighted by molar-refractivity contribution is -0.147. The number of carboxylic acid groups (broad SMARTS) is 1. The molecule has 0 saturated carbocycles. The van der Waals surface area contributed by atoms with Crippen LogP contribution in [0, 0.1) is 0 Å². The zero-order valence-corrected chi connectivity index (χ0v) is 38.4. The van der Waals surface area contributed by atoms with E-state index in [9.17, 15) is 34.1 Å². The first kappa shape index (κ1) is 57.2. The standard InChI is InChI=1S/C48H84NO10P/c1-3-5-7-9-11-13-15-17-19-21-22-24-26-28-30-32-34-36-38-40-47(52)57-41-44(50)42-58-60(55,56)59-43-45(48(53)54)49-46(51)39-37-35-33-31-29-27-25-23-20-18-16-14-12-10-8-6-4-2/h11,13,17-20,22,24,28,30,44-45,50H,3-10,12,14-16,21,23,25-27,29,31-43H2,1-2H3,(H,49,51)(H,53,54)(H,55,56)/b13-11-,19-17-,20-18-,24-22-,30-28-. The number of rotatable bonds is 43. The maximum Gasteiger partial charge on any atom is 0.472 e. The summed E-state index contributed by atoms with van der Waals surface area (Å²) >= 11 is 0. The van der Waals surface area contributed by atoms with E-state index < -0.39 is 57.6 Å². The summed E-state index contributed by atoms with van der Waals surface area (Å²) in [5.74, 6) is -2.41. The van der Waals surface area contributed by atoms with Gasteiger partial charge in [0.25, 0.3) is 0 Å². The van der Waals surface area contributed by atoms with Gasteiger partial charge in [0, 0.05) is 12.8 Å². The molecule has 0 fully saturated rings. The van der Waals surface area contributed by atoms with E-state index in [1.165, 1.54) is 83.5 Å². The number of aliphatic carboxylic acids is 1. The number of esters is 1. The first-order valence-corrected chi connectivity index (χ1v) is 24.8. The summed E-state index contributed by atoms with van der Waals surface area (Å²) in [5, 5.41) is 21.9. The van der Waals surface area contributed by atoms with Crippen molar-refractivity contribution in [2.24, 2.45) is 0 Å². The van der Waals surface area contributed by atoms with Gasteiger partial charge >= 0.3 is 19.8 Å². The second kappa shape index (κ2) is 42.9. The fraction of sp³-hybridized carbons (Fsp3) is 0.729. The average molecular weight is 866 g/mol. The highest BCUT2D eigenvalue weighted by Gasteiger charge is 2.28. The SMILES string of the molecule is CCCCC/C=C\C/C=C\C/C=C\C/C=C\CCCCCC(=O)OCC(O)COP(=O)(O)OCC(NC(=O)CCCCCCCCC/C=C\CCCCCCCC)C(=O)O. The van der Waals surface area contributed by atoms with Gasteiger partial charge in [-0.05, 0) is 83.5 Å². The molecule has 11 nitrogen and oxygen atoms in total. The molecule has 4 N–H and O–H groups in total. The smallest absolute Gasteiger partial charge is 0.472 e. The number of hydrogen-bond donors (Lipinski definition) is 4. The molecule has 0 aliphatic heterocycles. The average Bonchev–Trinajstić information content (AvgIpc) is 3.22. The minimum absolute atomic E-state index is 0.136. The second-order valence-corrected chi connectivity index (χ2v) is 17.0. The zero-order valence-electron chi connectivity index (χ0n) is 37.5. The molecule has 0 heterocycles. The predicted octanol–water partition coefficient (Wildman–Crippen LogP) is 12.3. The maximum atomic E-state index is 12.3. The van der Waals surface area contributed by atoms with Crippen LogP contribution in [-0.4, -0.2) is 64.9 Å². The molecule has 0 rings (SSSR count). The number of unbranched alkanes of at least 4 members (excludes halogenated alkanes) is 19. The van der Waals surface area contributed by atoms with Crippen LogP contribution < -0.4 is 5.32 Å². The Morgan fingerprint density at radius 2 is 0.917 bits per heavy atom. The van der Waals surface area contributed by atoms with E-state index in [1.54, 1.807) is 0 Å². The Hall–Kier alpha value is -2.82. The summed E-state index contributed by atoms with van der Waals surface area (Å²) in [6, 6.07) is -1.55. The molecular weight excluding hydrogens is 781 g/mol. The van der Waals surface area contributed by atoms with Crippen molar-refractivity contribution in [2.45, 2.75) is 206 Å². The van der Waals surface area contributed by atoms with Crippen LogP contribution in [0.15, 0.2) is 60.8 Å². The lowest BCUT2D eigenvalue weighted by Crippen LogP contribution is -2.43. The predicted molar refractivity (Wildman–Crippen MR) is 245 cm³/mol. The van der Waals surface area contributed by atoms with Gasteiger partial charge < -0.3 is 25.2 Å². The number of carbonyl (C=O) groups is 3. The molecule has 0 bridgehead atoms. The number of amides is 1. The first-order chi connectivity index (χ1) is 29.1. The maximum absolute atomic E-state index is 12.3. The number of phosphoric acid groups is 1. The van der Waals surface area contributed by atoms with Crippen LogP contribution in [0.4, 0.5) is 0 Å². The molecule has 0 radical (unpaired) electrons. The molecule has 3 atom stereocenters. The number of hydrogen-bond acceptors (Lipinski definition) is 8. The largest absolute Gasteiger partial charge is 0.480 e. The minimum atomic E-state index is -4.77. The highest BCUT2D eigenvalue weighted by Crippen LogP contribution is 2.43. The molecule has 0 saturated heterocycles. The van der Waals surface area contributed by atoms with E-state index in [-0.39, 0.29) is 12.8 Å².